The normalized spacial score (nSPS) is 10.6. The van der Waals surface area contributed by atoms with Crippen LogP contribution < -0.4 is 5.32 Å². The number of benzene rings is 1. The van der Waals surface area contributed by atoms with Crippen molar-refractivity contribution in [2.75, 3.05) is 6.54 Å². The van der Waals surface area contributed by atoms with Crippen molar-refractivity contribution in [2.45, 2.75) is 20.4 Å². The average Bonchev–Trinajstić information content (AvgIpc) is 2.76. The number of hydrogen-bond donors (Lipinski definition) is 1. The second kappa shape index (κ2) is 4.90. The fourth-order valence-corrected chi connectivity index (χ4v) is 1.37. The first-order chi connectivity index (χ1) is 7.79. The fraction of sp³-hybridized carbons (Fsp3) is 0.333. The maximum atomic E-state index is 5.53. The summed E-state index contributed by atoms with van der Waals surface area (Å²) < 4.78 is 5.53. The Kier molecular flexibility index (Phi) is 3.31. The van der Waals surface area contributed by atoms with E-state index in [0.29, 0.717) is 18.3 Å². The van der Waals surface area contributed by atoms with Gasteiger partial charge < -0.3 is 9.73 Å². The number of nitrogens with one attached hydrogen (secondary N) is 1. The molecule has 0 aliphatic carbocycles. The standard InChI is InChI=1S/C12H15N3O/c1-3-13-8-11-14-15-12(16-11)10-6-4-9(2)5-7-10/h4-7,13H,3,8H2,1-2H3. The monoisotopic (exact) mass is 217 g/mol. The molecule has 84 valence electrons. The summed E-state index contributed by atoms with van der Waals surface area (Å²) in [5.74, 6) is 1.20. The van der Waals surface area contributed by atoms with Crippen molar-refractivity contribution in [3.63, 3.8) is 0 Å². The molecule has 1 heterocycles. The van der Waals surface area contributed by atoms with E-state index in [1.165, 1.54) is 5.56 Å². The lowest BCUT2D eigenvalue weighted by atomic mass is 10.1. The molecule has 0 aliphatic heterocycles. The zero-order valence-electron chi connectivity index (χ0n) is 9.53. The van der Waals surface area contributed by atoms with Gasteiger partial charge in [0.15, 0.2) is 0 Å². The molecule has 0 atom stereocenters. The molecular weight excluding hydrogens is 202 g/mol. The molecule has 0 spiro atoms. The molecular formula is C12H15N3O. The van der Waals surface area contributed by atoms with E-state index < -0.39 is 0 Å². The third-order valence-electron chi connectivity index (χ3n) is 2.29. The van der Waals surface area contributed by atoms with Gasteiger partial charge in [0.1, 0.15) is 0 Å². The van der Waals surface area contributed by atoms with Crippen LogP contribution in [-0.4, -0.2) is 16.7 Å². The molecule has 4 heteroatoms. The van der Waals surface area contributed by atoms with Crippen LogP contribution in [0.1, 0.15) is 18.4 Å². The predicted octanol–water partition coefficient (Wildman–Crippen LogP) is 2.15. The summed E-state index contributed by atoms with van der Waals surface area (Å²) >= 11 is 0. The molecule has 1 aromatic carbocycles. The van der Waals surface area contributed by atoms with E-state index in [2.05, 4.69) is 15.5 Å². The number of nitrogens with zero attached hydrogens (tertiary/aromatic N) is 2. The molecule has 2 aromatic rings. The second-order valence-corrected chi connectivity index (χ2v) is 3.65. The van der Waals surface area contributed by atoms with Gasteiger partial charge in [-0.05, 0) is 25.6 Å². The minimum absolute atomic E-state index is 0.577. The molecule has 0 saturated heterocycles. The van der Waals surface area contributed by atoms with Crippen molar-refractivity contribution in [1.82, 2.24) is 15.5 Å². The van der Waals surface area contributed by atoms with Gasteiger partial charge in [0, 0.05) is 5.56 Å². The minimum Gasteiger partial charge on any atom is -0.419 e. The van der Waals surface area contributed by atoms with Crippen LogP contribution in [-0.2, 0) is 6.54 Å². The minimum atomic E-state index is 0.577. The third kappa shape index (κ3) is 2.46. The molecule has 1 N–H and O–H groups in total. The maximum absolute atomic E-state index is 5.53. The van der Waals surface area contributed by atoms with Crippen molar-refractivity contribution in [3.05, 3.63) is 35.7 Å². The lowest BCUT2D eigenvalue weighted by molar-refractivity contribution is 0.482. The summed E-state index contributed by atoms with van der Waals surface area (Å²) in [5.41, 5.74) is 2.18. The first-order valence-electron chi connectivity index (χ1n) is 5.39. The molecule has 1 aromatic heterocycles. The Morgan fingerprint density at radius 1 is 1.19 bits per heavy atom. The van der Waals surface area contributed by atoms with Crippen LogP contribution in [0.25, 0.3) is 11.5 Å². The van der Waals surface area contributed by atoms with Gasteiger partial charge in [-0.1, -0.05) is 24.6 Å². The molecule has 0 aliphatic rings. The van der Waals surface area contributed by atoms with Crippen molar-refractivity contribution in [3.8, 4) is 11.5 Å². The highest BCUT2D eigenvalue weighted by Crippen LogP contribution is 2.17. The molecule has 2 rings (SSSR count). The van der Waals surface area contributed by atoms with E-state index in [4.69, 9.17) is 4.42 Å². The van der Waals surface area contributed by atoms with Gasteiger partial charge in [0.25, 0.3) is 0 Å². The van der Waals surface area contributed by atoms with Gasteiger partial charge in [0.2, 0.25) is 11.8 Å². The average molecular weight is 217 g/mol. The number of aromatic nitrogens is 2. The van der Waals surface area contributed by atoms with E-state index >= 15 is 0 Å². The second-order valence-electron chi connectivity index (χ2n) is 3.65. The van der Waals surface area contributed by atoms with Crippen LogP contribution in [0, 0.1) is 6.92 Å². The highest BCUT2D eigenvalue weighted by molar-refractivity contribution is 5.52. The lowest BCUT2D eigenvalue weighted by Crippen LogP contribution is -2.11. The summed E-state index contributed by atoms with van der Waals surface area (Å²) in [4.78, 5) is 0. The van der Waals surface area contributed by atoms with E-state index in [-0.39, 0.29) is 0 Å². The van der Waals surface area contributed by atoms with Crippen molar-refractivity contribution in [2.24, 2.45) is 0 Å². The van der Waals surface area contributed by atoms with Gasteiger partial charge in [0.05, 0.1) is 6.54 Å². The van der Waals surface area contributed by atoms with Gasteiger partial charge >= 0.3 is 0 Å². The van der Waals surface area contributed by atoms with E-state index in [1.807, 2.05) is 38.1 Å². The summed E-state index contributed by atoms with van der Waals surface area (Å²) in [6, 6.07) is 8.03. The smallest absolute Gasteiger partial charge is 0.247 e. The first kappa shape index (κ1) is 10.8. The fourth-order valence-electron chi connectivity index (χ4n) is 1.37. The van der Waals surface area contributed by atoms with Gasteiger partial charge in [-0.15, -0.1) is 10.2 Å². The van der Waals surface area contributed by atoms with Crippen LogP contribution in [0.4, 0.5) is 0 Å². The van der Waals surface area contributed by atoms with Gasteiger partial charge in [-0.3, -0.25) is 0 Å². The van der Waals surface area contributed by atoms with Crippen LogP contribution in [0.5, 0.6) is 0 Å². The topological polar surface area (TPSA) is 51.0 Å². The SMILES string of the molecule is CCNCc1nnc(-c2ccc(C)cc2)o1. The third-order valence-corrected chi connectivity index (χ3v) is 2.29. The number of rotatable bonds is 4. The van der Waals surface area contributed by atoms with Crippen LogP contribution in [0.2, 0.25) is 0 Å². The molecule has 0 amide bonds. The summed E-state index contributed by atoms with van der Waals surface area (Å²) in [6.07, 6.45) is 0. The number of hydrogen-bond acceptors (Lipinski definition) is 4. The highest BCUT2D eigenvalue weighted by Gasteiger charge is 2.07. The first-order valence-corrected chi connectivity index (χ1v) is 5.39. The van der Waals surface area contributed by atoms with E-state index in [0.717, 1.165) is 12.1 Å². The lowest BCUT2D eigenvalue weighted by Gasteiger charge is -1.96. The summed E-state index contributed by atoms with van der Waals surface area (Å²) in [6.45, 7) is 5.60. The van der Waals surface area contributed by atoms with Gasteiger partial charge in [-0.2, -0.15) is 0 Å². The van der Waals surface area contributed by atoms with Crippen LogP contribution in [0.15, 0.2) is 28.7 Å². The molecule has 16 heavy (non-hydrogen) atoms. The molecule has 4 nitrogen and oxygen atoms in total. The van der Waals surface area contributed by atoms with Crippen molar-refractivity contribution in [1.29, 1.82) is 0 Å². The Morgan fingerprint density at radius 3 is 2.62 bits per heavy atom. The van der Waals surface area contributed by atoms with Crippen molar-refractivity contribution < 1.29 is 4.42 Å². The van der Waals surface area contributed by atoms with Gasteiger partial charge in [-0.25, -0.2) is 0 Å². The number of aryl methyl sites for hydroxylation is 1. The summed E-state index contributed by atoms with van der Waals surface area (Å²) in [5, 5.41) is 11.1. The predicted molar refractivity (Wildman–Crippen MR) is 61.9 cm³/mol. The maximum Gasteiger partial charge on any atom is 0.247 e. The largest absolute Gasteiger partial charge is 0.419 e. The van der Waals surface area contributed by atoms with E-state index in [9.17, 15) is 0 Å². The Morgan fingerprint density at radius 2 is 1.94 bits per heavy atom. The Hall–Kier alpha value is -1.68. The Labute approximate surface area is 94.7 Å². The molecule has 0 saturated carbocycles. The molecule has 0 bridgehead atoms. The zero-order chi connectivity index (χ0) is 11.4. The van der Waals surface area contributed by atoms with Crippen LogP contribution in [0.3, 0.4) is 0 Å². The molecule has 0 radical (unpaired) electrons. The van der Waals surface area contributed by atoms with E-state index in [1.54, 1.807) is 0 Å². The highest BCUT2D eigenvalue weighted by atomic mass is 16.4. The Balaban J connectivity index is 2.15. The van der Waals surface area contributed by atoms with Crippen molar-refractivity contribution >= 4 is 0 Å². The Bertz CT molecular complexity index is 448. The summed E-state index contributed by atoms with van der Waals surface area (Å²) in [7, 11) is 0. The van der Waals surface area contributed by atoms with Crippen LogP contribution >= 0.6 is 0 Å². The molecule has 0 unspecified atom stereocenters. The quantitative estimate of drug-likeness (QED) is 0.852. The zero-order valence-corrected chi connectivity index (χ0v) is 9.53. The molecule has 0 fully saturated rings.